The van der Waals surface area contributed by atoms with Gasteiger partial charge in [0, 0.05) is 51.0 Å². The number of nitrogens with zero attached hydrogens (tertiary/aromatic N) is 4. The lowest BCUT2D eigenvalue weighted by Crippen LogP contribution is -2.32. The first-order valence-electron chi connectivity index (χ1n) is 9.09. The van der Waals surface area contributed by atoms with Gasteiger partial charge in [0.15, 0.2) is 0 Å². The van der Waals surface area contributed by atoms with Crippen LogP contribution in [0.3, 0.4) is 0 Å². The van der Waals surface area contributed by atoms with E-state index in [1.54, 1.807) is 6.20 Å². The molecule has 1 saturated heterocycles. The summed E-state index contributed by atoms with van der Waals surface area (Å²) in [6.45, 7) is 2.58. The highest BCUT2D eigenvalue weighted by atomic mass is 16.2. The van der Waals surface area contributed by atoms with Crippen molar-refractivity contribution in [1.82, 2.24) is 14.9 Å². The number of hydrogen-bond donors (Lipinski definition) is 0. The number of hydrogen-bond acceptors (Lipinski definition) is 4. The highest BCUT2D eigenvalue weighted by molar-refractivity contribution is 5.93. The molecule has 3 rings (SSSR count). The minimum atomic E-state index is 0.0614. The van der Waals surface area contributed by atoms with Crippen LogP contribution in [0.25, 0.3) is 0 Å². The Balaban J connectivity index is 1.64. The first-order chi connectivity index (χ1) is 12.2. The Morgan fingerprint density at radius 1 is 1.08 bits per heavy atom. The maximum absolute atomic E-state index is 12.7. The summed E-state index contributed by atoms with van der Waals surface area (Å²) < 4.78 is 0. The van der Waals surface area contributed by atoms with E-state index in [1.807, 2.05) is 41.6 Å². The number of amides is 1. The summed E-state index contributed by atoms with van der Waals surface area (Å²) in [5.74, 6) is 0.0614. The fraction of sp³-hybridized carbons (Fsp3) is 0.450. The Kier molecular flexibility index (Phi) is 5.99. The minimum absolute atomic E-state index is 0.0614. The molecule has 1 aliphatic rings. The van der Waals surface area contributed by atoms with Crippen LogP contribution in [0.2, 0.25) is 0 Å². The summed E-state index contributed by atoms with van der Waals surface area (Å²) in [6, 6.07) is 7.95. The van der Waals surface area contributed by atoms with Crippen molar-refractivity contribution in [3.05, 3.63) is 54.1 Å². The van der Waals surface area contributed by atoms with E-state index in [9.17, 15) is 4.79 Å². The number of anilines is 1. The summed E-state index contributed by atoms with van der Waals surface area (Å²) in [5.41, 5.74) is 2.84. The zero-order valence-electron chi connectivity index (χ0n) is 14.9. The number of carbonyl (C=O) groups is 1. The van der Waals surface area contributed by atoms with E-state index in [4.69, 9.17) is 0 Å². The van der Waals surface area contributed by atoms with Gasteiger partial charge in [-0.25, -0.2) is 0 Å². The van der Waals surface area contributed by atoms with Crippen molar-refractivity contribution in [2.75, 3.05) is 31.6 Å². The number of likely N-dealkylation sites (N-methyl/N-ethyl adjacent to an activating group) is 1. The molecule has 0 spiro atoms. The summed E-state index contributed by atoms with van der Waals surface area (Å²) in [6.07, 6.45) is 10.9. The van der Waals surface area contributed by atoms with Crippen molar-refractivity contribution < 1.29 is 4.79 Å². The first kappa shape index (κ1) is 17.4. The molecule has 1 fully saturated rings. The molecule has 0 N–H and O–H groups in total. The van der Waals surface area contributed by atoms with Gasteiger partial charge in [-0.2, -0.15) is 0 Å². The minimum Gasteiger partial charge on any atom is -0.374 e. The van der Waals surface area contributed by atoms with Crippen LogP contribution in [0.5, 0.6) is 0 Å². The van der Waals surface area contributed by atoms with Gasteiger partial charge in [0.25, 0.3) is 5.91 Å². The fourth-order valence-electron chi connectivity index (χ4n) is 3.18. The van der Waals surface area contributed by atoms with E-state index in [0.29, 0.717) is 5.69 Å². The van der Waals surface area contributed by atoms with E-state index in [1.165, 1.54) is 18.4 Å². The Hall–Kier alpha value is -2.43. The van der Waals surface area contributed by atoms with Crippen LogP contribution in [0.1, 0.15) is 41.7 Å². The molecule has 5 heteroatoms. The van der Waals surface area contributed by atoms with Crippen LogP contribution in [-0.4, -0.2) is 47.5 Å². The summed E-state index contributed by atoms with van der Waals surface area (Å²) in [7, 11) is 2.05. The molecule has 0 aromatic carbocycles. The normalized spacial score (nSPS) is 14.8. The summed E-state index contributed by atoms with van der Waals surface area (Å²) >= 11 is 0. The smallest absolute Gasteiger partial charge is 0.272 e. The topological polar surface area (TPSA) is 49.3 Å². The van der Waals surface area contributed by atoms with Crippen LogP contribution >= 0.6 is 0 Å². The predicted molar refractivity (Wildman–Crippen MR) is 99.8 cm³/mol. The van der Waals surface area contributed by atoms with Crippen LogP contribution in [0, 0.1) is 0 Å². The lowest BCUT2D eigenvalue weighted by molar-refractivity contribution is 0.0756. The maximum Gasteiger partial charge on any atom is 0.272 e. The average molecular weight is 338 g/mol. The molecule has 0 atom stereocenters. The monoisotopic (exact) mass is 338 g/mol. The average Bonchev–Trinajstić information content (AvgIpc) is 2.96. The molecule has 1 amide bonds. The van der Waals surface area contributed by atoms with Gasteiger partial charge in [0.1, 0.15) is 5.69 Å². The van der Waals surface area contributed by atoms with Gasteiger partial charge in [-0.3, -0.25) is 14.8 Å². The van der Waals surface area contributed by atoms with Crippen LogP contribution < -0.4 is 4.90 Å². The van der Waals surface area contributed by atoms with Crippen LogP contribution in [0.4, 0.5) is 5.69 Å². The molecule has 5 nitrogen and oxygen atoms in total. The molecule has 3 heterocycles. The number of aromatic nitrogens is 2. The number of pyridine rings is 2. The number of likely N-dealkylation sites (tertiary alicyclic amines) is 1. The van der Waals surface area contributed by atoms with Crippen molar-refractivity contribution in [3.63, 3.8) is 0 Å². The quantitative estimate of drug-likeness (QED) is 0.840. The van der Waals surface area contributed by atoms with Crippen molar-refractivity contribution >= 4 is 11.6 Å². The van der Waals surface area contributed by atoms with Crippen LogP contribution in [0.15, 0.2) is 42.9 Å². The van der Waals surface area contributed by atoms with Gasteiger partial charge in [-0.15, -0.1) is 0 Å². The van der Waals surface area contributed by atoms with E-state index >= 15 is 0 Å². The molecule has 25 heavy (non-hydrogen) atoms. The molecule has 0 unspecified atom stereocenters. The third-order valence-electron chi connectivity index (χ3n) is 4.78. The molecule has 0 saturated carbocycles. The standard InChI is InChI=1S/C20H26N4O/c1-23(15-9-17-6-10-21-11-7-17)18-8-12-22-19(16-18)20(25)24-13-4-2-3-5-14-24/h6-8,10-12,16H,2-5,9,13-15H2,1H3. The van der Waals surface area contributed by atoms with Crippen LogP contribution in [-0.2, 0) is 6.42 Å². The maximum atomic E-state index is 12.7. The molecule has 1 aliphatic heterocycles. The third-order valence-corrected chi connectivity index (χ3v) is 4.78. The van der Waals surface area contributed by atoms with E-state index < -0.39 is 0 Å². The second kappa shape index (κ2) is 8.60. The predicted octanol–water partition coefficient (Wildman–Crippen LogP) is 3.17. The van der Waals surface area contributed by atoms with Gasteiger partial charge in [-0.05, 0) is 49.1 Å². The lowest BCUT2D eigenvalue weighted by Gasteiger charge is -2.22. The van der Waals surface area contributed by atoms with Gasteiger partial charge in [0.2, 0.25) is 0 Å². The lowest BCUT2D eigenvalue weighted by atomic mass is 10.2. The Morgan fingerprint density at radius 2 is 1.80 bits per heavy atom. The summed E-state index contributed by atoms with van der Waals surface area (Å²) in [4.78, 5) is 25.2. The molecule has 2 aromatic rings. The Labute approximate surface area is 149 Å². The Morgan fingerprint density at radius 3 is 2.52 bits per heavy atom. The third kappa shape index (κ3) is 4.78. The molecule has 0 bridgehead atoms. The molecular weight excluding hydrogens is 312 g/mol. The van der Waals surface area contributed by atoms with E-state index in [2.05, 4.69) is 21.9 Å². The Bertz CT molecular complexity index is 681. The largest absolute Gasteiger partial charge is 0.374 e. The van der Waals surface area contributed by atoms with Crippen molar-refractivity contribution in [3.8, 4) is 0 Å². The second-order valence-corrected chi connectivity index (χ2v) is 6.63. The first-order valence-corrected chi connectivity index (χ1v) is 9.09. The van der Waals surface area contributed by atoms with Gasteiger partial charge < -0.3 is 9.80 Å². The van der Waals surface area contributed by atoms with Crippen molar-refractivity contribution in [2.45, 2.75) is 32.1 Å². The fourth-order valence-corrected chi connectivity index (χ4v) is 3.18. The van der Waals surface area contributed by atoms with Gasteiger partial charge in [-0.1, -0.05) is 12.8 Å². The highest BCUT2D eigenvalue weighted by Gasteiger charge is 2.19. The van der Waals surface area contributed by atoms with Gasteiger partial charge in [0.05, 0.1) is 0 Å². The van der Waals surface area contributed by atoms with E-state index in [-0.39, 0.29) is 5.91 Å². The number of rotatable bonds is 5. The summed E-state index contributed by atoms with van der Waals surface area (Å²) in [5, 5.41) is 0. The molecule has 0 aliphatic carbocycles. The van der Waals surface area contributed by atoms with E-state index in [0.717, 1.165) is 44.6 Å². The zero-order valence-corrected chi connectivity index (χ0v) is 14.9. The van der Waals surface area contributed by atoms with Gasteiger partial charge >= 0.3 is 0 Å². The zero-order chi connectivity index (χ0) is 17.5. The highest BCUT2D eigenvalue weighted by Crippen LogP contribution is 2.17. The number of carbonyl (C=O) groups excluding carboxylic acids is 1. The van der Waals surface area contributed by atoms with Crippen molar-refractivity contribution in [2.24, 2.45) is 0 Å². The molecule has 132 valence electrons. The SMILES string of the molecule is CN(CCc1ccncc1)c1ccnc(C(=O)N2CCCCCC2)c1. The van der Waals surface area contributed by atoms with Crippen molar-refractivity contribution in [1.29, 1.82) is 0 Å². The molecule has 0 radical (unpaired) electrons. The molecule has 2 aromatic heterocycles. The molecular formula is C20H26N4O. The second-order valence-electron chi connectivity index (χ2n) is 6.63.